The molecule has 1 saturated heterocycles. The molecular formula is C37H44ClN5O4S2. The third kappa shape index (κ3) is 7.90. The number of piperazine rings is 1. The smallest absolute Gasteiger partial charge is 0.318 e. The van der Waals surface area contributed by atoms with Crippen LogP contribution in [0.3, 0.4) is 0 Å². The standard InChI is InChI=1S/C37H44ClN5O4S2/c1-24(2)35-39-40-36(47-35)42-13-11-41(12-14-42)23-26-16-28(21-33(17-26)46-25(3)4)37(5,6)29-19-30(38)22-32(20-29)43(49(7,44)45)31-8-9-34-27(18-31)10-15-48-34/h8-10,15-22,24-25H,11-14,23H2,1-7H3. The number of aromatic nitrogens is 2. The lowest BCUT2D eigenvalue weighted by atomic mass is 9.77. The Labute approximate surface area is 298 Å². The highest BCUT2D eigenvalue weighted by Crippen LogP contribution is 2.40. The van der Waals surface area contributed by atoms with Gasteiger partial charge in [-0.2, -0.15) is 0 Å². The van der Waals surface area contributed by atoms with Crippen molar-refractivity contribution in [3.63, 3.8) is 0 Å². The topological polar surface area (TPSA) is 92.0 Å². The van der Waals surface area contributed by atoms with Crippen LogP contribution in [0.5, 0.6) is 5.75 Å². The normalized spacial score (nSPS) is 14.7. The van der Waals surface area contributed by atoms with Crippen molar-refractivity contribution >= 4 is 60.4 Å². The molecule has 9 nitrogen and oxygen atoms in total. The first kappa shape index (κ1) is 35.2. The van der Waals surface area contributed by atoms with Gasteiger partial charge in [0.15, 0.2) is 0 Å². The molecule has 0 atom stereocenters. The number of fused-ring (bicyclic) bond motifs is 1. The summed E-state index contributed by atoms with van der Waals surface area (Å²) < 4.78 is 41.2. The molecule has 1 aliphatic rings. The van der Waals surface area contributed by atoms with Gasteiger partial charge < -0.3 is 14.1 Å². The number of thiophene rings is 1. The molecule has 3 heterocycles. The lowest BCUT2D eigenvalue weighted by Gasteiger charge is -2.34. The van der Waals surface area contributed by atoms with Crippen LogP contribution in [-0.2, 0) is 22.0 Å². The van der Waals surface area contributed by atoms with Gasteiger partial charge in [-0.05, 0) is 95.9 Å². The number of anilines is 3. The molecule has 0 bridgehead atoms. The monoisotopic (exact) mass is 721 g/mol. The highest BCUT2D eigenvalue weighted by atomic mass is 35.5. The quantitative estimate of drug-likeness (QED) is 0.134. The van der Waals surface area contributed by atoms with Crippen molar-refractivity contribution in [3.05, 3.63) is 93.6 Å². The SMILES string of the molecule is CC(C)Oc1cc(CN2CCN(c3nnc(C(C)C)o3)CC2)cc(C(C)(C)c2cc(Cl)cc(N(c3ccc4sccc4c3)S(C)(=O)=O)c2)c1. The lowest BCUT2D eigenvalue weighted by Crippen LogP contribution is -2.46. The molecule has 12 heteroatoms. The van der Waals surface area contributed by atoms with Crippen molar-refractivity contribution in [2.45, 2.75) is 65.5 Å². The first-order valence-electron chi connectivity index (χ1n) is 16.6. The minimum atomic E-state index is -3.70. The van der Waals surface area contributed by atoms with E-state index in [0.29, 0.717) is 28.3 Å². The summed E-state index contributed by atoms with van der Waals surface area (Å²) in [6.45, 7) is 16.4. The zero-order valence-electron chi connectivity index (χ0n) is 29.1. The molecule has 1 fully saturated rings. The van der Waals surface area contributed by atoms with Gasteiger partial charge in [-0.15, -0.1) is 16.4 Å². The van der Waals surface area contributed by atoms with Crippen LogP contribution in [0, 0.1) is 0 Å². The van der Waals surface area contributed by atoms with E-state index in [0.717, 1.165) is 65.2 Å². The first-order valence-corrected chi connectivity index (χ1v) is 19.7. The molecule has 0 saturated carbocycles. The van der Waals surface area contributed by atoms with Gasteiger partial charge in [-0.1, -0.05) is 50.5 Å². The van der Waals surface area contributed by atoms with E-state index in [1.54, 1.807) is 17.4 Å². The molecule has 0 unspecified atom stereocenters. The van der Waals surface area contributed by atoms with Gasteiger partial charge in [0.1, 0.15) is 5.75 Å². The maximum absolute atomic E-state index is 13.3. The summed E-state index contributed by atoms with van der Waals surface area (Å²) in [5, 5.41) is 11.9. The van der Waals surface area contributed by atoms with Crippen LogP contribution in [0.2, 0.25) is 5.02 Å². The molecule has 2 aromatic heterocycles. The number of nitrogens with zero attached hydrogens (tertiary/aromatic N) is 5. The average Bonchev–Trinajstić information content (AvgIpc) is 3.71. The fourth-order valence-electron chi connectivity index (χ4n) is 6.23. The van der Waals surface area contributed by atoms with E-state index < -0.39 is 15.4 Å². The minimum absolute atomic E-state index is 0.00144. The van der Waals surface area contributed by atoms with Gasteiger partial charge in [0, 0.05) is 53.8 Å². The number of hydrogen-bond acceptors (Lipinski definition) is 9. The van der Waals surface area contributed by atoms with E-state index in [9.17, 15) is 8.42 Å². The number of ether oxygens (including phenoxy) is 1. The predicted molar refractivity (Wildman–Crippen MR) is 200 cm³/mol. The Balaban J connectivity index is 1.29. The Kier molecular flexibility index (Phi) is 10.0. The summed E-state index contributed by atoms with van der Waals surface area (Å²) in [5.74, 6) is 1.65. The summed E-state index contributed by atoms with van der Waals surface area (Å²) >= 11 is 8.39. The second-order valence-corrected chi connectivity index (χ2v) is 17.1. The molecule has 260 valence electrons. The van der Waals surface area contributed by atoms with E-state index in [4.69, 9.17) is 20.8 Å². The third-order valence-corrected chi connectivity index (χ3v) is 11.1. The Morgan fingerprint density at radius 2 is 1.67 bits per heavy atom. The number of hydrogen-bond donors (Lipinski definition) is 0. The summed E-state index contributed by atoms with van der Waals surface area (Å²) in [5.41, 5.74) is 3.58. The largest absolute Gasteiger partial charge is 0.491 e. The second-order valence-electron chi connectivity index (χ2n) is 13.9. The van der Waals surface area contributed by atoms with E-state index in [1.165, 1.54) is 10.6 Å². The van der Waals surface area contributed by atoms with Crippen molar-refractivity contribution in [3.8, 4) is 5.75 Å². The van der Waals surface area contributed by atoms with E-state index in [-0.39, 0.29) is 12.0 Å². The van der Waals surface area contributed by atoms with Gasteiger partial charge >= 0.3 is 6.01 Å². The molecule has 1 aliphatic heterocycles. The average molecular weight is 722 g/mol. The van der Waals surface area contributed by atoms with Crippen molar-refractivity contribution in [1.29, 1.82) is 0 Å². The van der Waals surface area contributed by atoms with Crippen molar-refractivity contribution in [2.24, 2.45) is 0 Å². The van der Waals surface area contributed by atoms with Gasteiger partial charge in [-0.25, -0.2) is 12.7 Å². The number of halogens is 1. The highest BCUT2D eigenvalue weighted by Gasteiger charge is 2.29. The van der Waals surface area contributed by atoms with Crippen LogP contribution in [0.15, 0.2) is 70.5 Å². The molecule has 3 aromatic carbocycles. The number of benzene rings is 3. The van der Waals surface area contributed by atoms with Crippen LogP contribution < -0.4 is 13.9 Å². The highest BCUT2D eigenvalue weighted by molar-refractivity contribution is 7.92. The van der Waals surface area contributed by atoms with Crippen LogP contribution in [0.1, 0.15) is 70.0 Å². The van der Waals surface area contributed by atoms with E-state index >= 15 is 0 Å². The Bertz CT molecular complexity index is 2050. The fourth-order valence-corrected chi connectivity index (χ4v) is 8.21. The Morgan fingerprint density at radius 1 is 0.939 bits per heavy atom. The lowest BCUT2D eigenvalue weighted by molar-refractivity contribution is 0.236. The summed E-state index contributed by atoms with van der Waals surface area (Å²) in [7, 11) is -3.70. The van der Waals surface area contributed by atoms with E-state index in [2.05, 4.69) is 52.0 Å². The fraction of sp³-hybridized carbons (Fsp3) is 0.405. The van der Waals surface area contributed by atoms with Gasteiger partial charge in [0.05, 0.1) is 23.7 Å². The third-order valence-electron chi connectivity index (χ3n) is 8.87. The maximum atomic E-state index is 13.3. The van der Waals surface area contributed by atoms with Gasteiger partial charge in [0.2, 0.25) is 15.9 Å². The molecule has 6 rings (SSSR count). The molecule has 0 radical (unpaired) electrons. The minimum Gasteiger partial charge on any atom is -0.491 e. The molecule has 0 N–H and O–H groups in total. The van der Waals surface area contributed by atoms with E-state index in [1.807, 2.05) is 69.5 Å². The molecule has 49 heavy (non-hydrogen) atoms. The Hall–Kier alpha value is -3.64. The van der Waals surface area contributed by atoms with Gasteiger partial charge in [0.25, 0.3) is 0 Å². The number of sulfonamides is 1. The predicted octanol–water partition coefficient (Wildman–Crippen LogP) is 8.59. The second kappa shape index (κ2) is 13.9. The maximum Gasteiger partial charge on any atom is 0.318 e. The summed E-state index contributed by atoms with van der Waals surface area (Å²) in [4.78, 5) is 4.57. The molecule has 0 spiro atoms. The molecule has 0 amide bonds. The van der Waals surface area contributed by atoms with Gasteiger partial charge in [-0.3, -0.25) is 4.90 Å². The van der Waals surface area contributed by atoms with Crippen molar-refractivity contribution in [2.75, 3.05) is 41.6 Å². The summed E-state index contributed by atoms with van der Waals surface area (Å²) in [6.07, 6.45) is 1.22. The van der Waals surface area contributed by atoms with Crippen molar-refractivity contribution < 1.29 is 17.6 Å². The Morgan fingerprint density at radius 3 is 2.35 bits per heavy atom. The molecule has 5 aromatic rings. The molecular weight excluding hydrogens is 678 g/mol. The zero-order chi connectivity index (χ0) is 35.1. The summed E-state index contributed by atoms with van der Waals surface area (Å²) in [6, 6.07) is 20.3. The zero-order valence-corrected chi connectivity index (χ0v) is 31.5. The number of rotatable bonds is 11. The van der Waals surface area contributed by atoms with Crippen LogP contribution in [-0.4, -0.2) is 62.1 Å². The van der Waals surface area contributed by atoms with Crippen LogP contribution in [0.4, 0.5) is 17.4 Å². The first-order chi connectivity index (χ1) is 23.2. The van der Waals surface area contributed by atoms with Crippen LogP contribution in [0.25, 0.3) is 10.1 Å². The van der Waals surface area contributed by atoms with Crippen molar-refractivity contribution in [1.82, 2.24) is 15.1 Å². The molecule has 0 aliphatic carbocycles. The van der Waals surface area contributed by atoms with Crippen LogP contribution >= 0.6 is 22.9 Å².